The van der Waals surface area contributed by atoms with Crippen LogP contribution >= 0.6 is 0 Å². The third-order valence-corrected chi connectivity index (χ3v) is 6.54. The fourth-order valence-electron chi connectivity index (χ4n) is 5.04. The molecule has 2 fully saturated rings. The Bertz CT molecular complexity index is 945. The molecule has 0 radical (unpaired) electrons. The van der Waals surface area contributed by atoms with E-state index in [0.29, 0.717) is 0 Å². The van der Waals surface area contributed by atoms with Crippen molar-refractivity contribution in [1.82, 2.24) is 16.0 Å². The summed E-state index contributed by atoms with van der Waals surface area (Å²) < 4.78 is 15.3. The van der Waals surface area contributed by atoms with Gasteiger partial charge in [-0.2, -0.15) is 0 Å². The lowest BCUT2D eigenvalue weighted by Crippen LogP contribution is -2.61. The molecule has 2 aliphatic rings. The van der Waals surface area contributed by atoms with E-state index < -0.39 is 76.9 Å². The van der Waals surface area contributed by atoms with Gasteiger partial charge in [0, 0.05) is 18.3 Å². The molecule has 0 heterocycles. The highest BCUT2D eigenvalue weighted by Gasteiger charge is 2.76. The highest BCUT2D eigenvalue weighted by atomic mass is 16.6. The van der Waals surface area contributed by atoms with E-state index in [4.69, 9.17) is 14.2 Å². The monoisotopic (exact) mass is 539 g/mol. The molecule has 0 aliphatic heterocycles. The molecular weight excluding hydrogens is 498 g/mol. The minimum absolute atomic E-state index is 0.0191. The van der Waals surface area contributed by atoms with Crippen molar-refractivity contribution in [3.8, 4) is 0 Å². The molecule has 4 N–H and O–H groups in total. The Labute approximate surface area is 223 Å². The van der Waals surface area contributed by atoms with Crippen LogP contribution in [-0.2, 0) is 33.4 Å². The van der Waals surface area contributed by atoms with E-state index in [9.17, 15) is 29.1 Å². The number of rotatable bonds is 11. The average molecular weight is 540 g/mol. The highest BCUT2D eigenvalue weighted by Crippen LogP contribution is 2.63. The van der Waals surface area contributed by atoms with E-state index in [-0.39, 0.29) is 25.4 Å². The van der Waals surface area contributed by atoms with Gasteiger partial charge in [0.15, 0.2) is 0 Å². The topological polar surface area (TPSA) is 169 Å². The summed E-state index contributed by atoms with van der Waals surface area (Å²) in [4.78, 5) is 63.9. The van der Waals surface area contributed by atoms with Crippen molar-refractivity contribution in [3.63, 3.8) is 0 Å². The summed E-state index contributed by atoms with van der Waals surface area (Å²) in [7, 11) is 0. The maximum absolute atomic E-state index is 13.2. The molecule has 2 aliphatic carbocycles. The molecule has 0 bridgehead atoms. The minimum Gasteiger partial charge on any atom is -0.464 e. The lowest BCUT2D eigenvalue weighted by atomic mass is 9.89. The van der Waals surface area contributed by atoms with Crippen molar-refractivity contribution in [1.29, 1.82) is 0 Å². The number of ether oxygens (including phenoxy) is 3. The summed E-state index contributed by atoms with van der Waals surface area (Å²) in [6.07, 6.45) is -0.722. The Hall–Kier alpha value is -3.15. The first-order valence-electron chi connectivity index (χ1n) is 12.9. The molecule has 0 aromatic rings. The fraction of sp³-hybridized carbons (Fsp3) is 0.731. The zero-order chi connectivity index (χ0) is 29.0. The average Bonchev–Trinajstić information content (AvgIpc) is 3.46. The molecule has 12 heteroatoms. The summed E-state index contributed by atoms with van der Waals surface area (Å²) in [6, 6.07) is -2.10. The van der Waals surface area contributed by atoms with Crippen LogP contribution in [0.3, 0.4) is 0 Å². The number of aliphatic hydroxyl groups is 1. The van der Waals surface area contributed by atoms with Gasteiger partial charge in [-0.1, -0.05) is 20.4 Å². The first-order chi connectivity index (χ1) is 17.6. The highest BCUT2D eigenvalue weighted by molar-refractivity contribution is 5.96. The molecule has 214 valence electrons. The lowest BCUT2D eigenvalue weighted by molar-refractivity contribution is -0.156. The second-order valence-electron chi connectivity index (χ2n) is 11.2. The maximum atomic E-state index is 13.2. The first-order valence-corrected chi connectivity index (χ1v) is 12.9. The zero-order valence-electron chi connectivity index (χ0n) is 23.2. The number of alkyl carbamates (subject to hydrolysis) is 1. The summed E-state index contributed by atoms with van der Waals surface area (Å²) in [5.74, 6) is -4.89. The molecule has 2 rings (SSSR count). The minimum atomic E-state index is -1.67. The van der Waals surface area contributed by atoms with Gasteiger partial charge in [0.2, 0.25) is 11.8 Å². The number of carbonyl (C=O) groups is 5. The number of hydrogen-bond acceptors (Lipinski definition) is 9. The number of amides is 3. The van der Waals surface area contributed by atoms with Crippen molar-refractivity contribution >= 4 is 29.8 Å². The number of esters is 2. The van der Waals surface area contributed by atoms with Crippen LogP contribution in [0.25, 0.3) is 0 Å². The number of nitrogens with one attached hydrogen (secondary N) is 3. The van der Waals surface area contributed by atoms with Crippen molar-refractivity contribution in [2.24, 2.45) is 23.7 Å². The molecule has 3 amide bonds. The standard InChI is InChI=1S/C26H41N3O9/c1-9-36-22(33)18-17-16(30)12-26(19(17)18,23(34)37-10-2)29-20(31)14(5)27-21(32)15(11-13(3)4)28-24(35)38-25(6,7)8/h9,13-19,30H,1,10-12H2,2-8H3,(H,27,32)(H,28,35)(H,29,31)/t14-,15-,16-,17-,18-,19-,26+/m0/s1. The Kier molecular flexibility index (Phi) is 9.93. The van der Waals surface area contributed by atoms with Gasteiger partial charge in [-0.15, -0.1) is 0 Å². The molecule has 0 unspecified atom stereocenters. The number of carbonyl (C=O) groups excluding carboxylic acids is 5. The third-order valence-electron chi connectivity index (χ3n) is 6.54. The van der Waals surface area contributed by atoms with Gasteiger partial charge in [-0.25, -0.2) is 9.59 Å². The Balaban J connectivity index is 2.17. The van der Waals surface area contributed by atoms with Crippen LogP contribution < -0.4 is 16.0 Å². The van der Waals surface area contributed by atoms with Crippen LogP contribution in [0.2, 0.25) is 0 Å². The molecule has 0 saturated heterocycles. The van der Waals surface area contributed by atoms with Crippen LogP contribution in [-0.4, -0.2) is 70.9 Å². The first kappa shape index (κ1) is 31.1. The van der Waals surface area contributed by atoms with Gasteiger partial charge in [0.1, 0.15) is 23.2 Å². The predicted octanol–water partition coefficient (Wildman–Crippen LogP) is 1.16. The van der Waals surface area contributed by atoms with E-state index in [1.54, 1.807) is 27.7 Å². The van der Waals surface area contributed by atoms with Crippen LogP contribution in [0.15, 0.2) is 12.8 Å². The Morgan fingerprint density at radius 2 is 1.74 bits per heavy atom. The van der Waals surface area contributed by atoms with E-state index in [1.165, 1.54) is 6.92 Å². The Morgan fingerprint density at radius 1 is 1.11 bits per heavy atom. The van der Waals surface area contributed by atoms with Crippen molar-refractivity contribution in [2.75, 3.05) is 6.61 Å². The third kappa shape index (κ3) is 7.24. The molecule has 0 aromatic carbocycles. The van der Waals surface area contributed by atoms with E-state index in [2.05, 4.69) is 22.5 Å². The van der Waals surface area contributed by atoms with Gasteiger partial charge in [0.05, 0.1) is 24.9 Å². The maximum Gasteiger partial charge on any atom is 0.408 e. The normalized spacial score (nSPS) is 27.3. The van der Waals surface area contributed by atoms with Crippen molar-refractivity contribution < 1.29 is 43.3 Å². The van der Waals surface area contributed by atoms with Crippen LogP contribution in [0.4, 0.5) is 4.79 Å². The summed E-state index contributed by atoms with van der Waals surface area (Å²) in [5.41, 5.74) is -2.44. The number of hydrogen-bond donors (Lipinski definition) is 4. The van der Waals surface area contributed by atoms with Crippen molar-refractivity contribution in [2.45, 2.75) is 90.6 Å². The molecule has 38 heavy (non-hydrogen) atoms. The summed E-state index contributed by atoms with van der Waals surface area (Å²) >= 11 is 0. The van der Waals surface area contributed by atoms with E-state index in [0.717, 1.165) is 6.26 Å². The zero-order valence-corrected chi connectivity index (χ0v) is 23.2. The largest absolute Gasteiger partial charge is 0.464 e. The number of fused-ring (bicyclic) bond motifs is 1. The van der Waals surface area contributed by atoms with Gasteiger partial charge < -0.3 is 35.3 Å². The van der Waals surface area contributed by atoms with Gasteiger partial charge >= 0.3 is 18.0 Å². The van der Waals surface area contributed by atoms with E-state index in [1.807, 2.05) is 13.8 Å². The molecule has 0 spiro atoms. The van der Waals surface area contributed by atoms with Crippen LogP contribution in [0, 0.1) is 23.7 Å². The second kappa shape index (κ2) is 12.1. The molecular formula is C26H41N3O9. The Morgan fingerprint density at radius 3 is 2.26 bits per heavy atom. The van der Waals surface area contributed by atoms with E-state index >= 15 is 0 Å². The lowest BCUT2D eigenvalue weighted by Gasteiger charge is -2.33. The molecule has 0 aromatic heterocycles. The van der Waals surface area contributed by atoms with Gasteiger partial charge in [-0.05, 0) is 47.0 Å². The van der Waals surface area contributed by atoms with Crippen LogP contribution in [0.5, 0.6) is 0 Å². The SMILES string of the molecule is C=COC(=O)[C@H]1[C@H]2[C@@H]1[C@@](NC(=O)[C@H](C)NC(=O)[C@H](CC(C)C)NC(=O)OC(C)(C)C)(C(=O)OCC)C[C@@H]2O. The molecule has 2 saturated carbocycles. The van der Waals surface area contributed by atoms with Crippen LogP contribution in [0.1, 0.15) is 61.3 Å². The fourth-order valence-corrected chi connectivity index (χ4v) is 5.04. The van der Waals surface area contributed by atoms with Crippen molar-refractivity contribution in [3.05, 3.63) is 12.8 Å². The van der Waals surface area contributed by atoms with Gasteiger partial charge in [-0.3, -0.25) is 14.4 Å². The summed E-state index contributed by atoms with van der Waals surface area (Å²) in [5, 5.41) is 18.3. The summed E-state index contributed by atoms with van der Waals surface area (Å²) in [6.45, 7) is 15.2. The number of aliphatic hydroxyl groups excluding tert-OH is 1. The van der Waals surface area contributed by atoms with Gasteiger partial charge in [0.25, 0.3) is 0 Å². The molecule has 12 nitrogen and oxygen atoms in total. The predicted molar refractivity (Wildman–Crippen MR) is 135 cm³/mol. The second-order valence-corrected chi connectivity index (χ2v) is 11.2. The molecule has 7 atom stereocenters. The smallest absolute Gasteiger partial charge is 0.408 e. The quantitative estimate of drug-likeness (QED) is 0.171.